The molecule has 4 amide bonds. The normalized spacial score (nSPS) is 22.0. The SMILES string of the molecule is O=C1NC(=O)C2(CN(c3ccccc3)CC2c2ccccc2)C(=O)N1. The first-order valence-electron chi connectivity index (χ1n) is 8.13. The molecule has 2 N–H and O–H groups in total. The van der Waals surface area contributed by atoms with Crippen LogP contribution in [0.1, 0.15) is 11.5 Å². The predicted octanol–water partition coefficient (Wildman–Crippen LogP) is 1.64. The van der Waals surface area contributed by atoms with Crippen LogP contribution in [0.4, 0.5) is 10.5 Å². The molecule has 0 bridgehead atoms. The number of barbiturate groups is 1. The second kappa shape index (κ2) is 5.73. The van der Waals surface area contributed by atoms with E-state index in [1.54, 1.807) is 0 Å². The van der Waals surface area contributed by atoms with Gasteiger partial charge in [-0.05, 0) is 17.7 Å². The molecular formula is C19H17N3O3. The number of nitrogens with one attached hydrogen (secondary N) is 2. The molecule has 126 valence electrons. The molecule has 6 heteroatoms. The number of benzene rings is 2. The van der Waals surface area contributed by atoms with Crippen LogP contribution in [0.25, 0.3) is 0 Å². The third-order valence-electron chi connectivity index (χ3n) is 5.03. The smallest absolute Gasteiger partial charge is 0.328 e. The van der Waals surface area contributed by atoms with Crippen molar-refractivity contribution in [3.05, 3.63) is 66.2 Å². The fourth-order valence-corrected chi connectivity index (χ4v) is 3.79. The van der Waals surface area contributed by atoms with E-state index in [0.717, 1.165) is 11.3 Å². The number of anilines is 1. The van der Waals surface area contributed by atoms with Crippen LogP contribution < -0.4 is 15.5 Å². The predicted molar refractivity (Wildman–Crippen MR) is 92.0 cm³/mol. The van der Waals surface area contributed by atoms with E-state index >= 15 is 0 Å². The minimum Gasteiger partial charge on any atom is -0.369 e. The van der Waals surface area contributed by atoms with E-state index in [2.05, 4.69) is 10.6 Å². The van der Waals surface area contributed by atoms with Crippen LogP contribution >= 0.6 is 0 Å². The topological polar surface area (TPSA) is 78.5 Å². The van der Waals surface area contributed by atoms with Gasteiger partial charge in [0.25, 0.3) is 0 Å². The molecule has 2 aliphatic heterocycles. The van der Waals surface area contributed by atoms with Crippen LogP contribution in [0.2, 0.25) is 0 Å². The molecule has 25 heavy (non-hydrogen) atoms. The van der Waals surface area contributed by atoms with Crippen molar-refractivity contribution in [2.24, 2.45) is 5.41 Å². The molecule has 1 spiro atoms. The minimum atomic E-state index is -1.33. The number of carbonyl (C=O) groups excluding carboxylic acids is 3. The summed E-state index contributed by atoms with van der Waals surface area (Å²) in [7, 11) is 0. The maximum absolute atomic E-state index is 12.8. The summed E-state index contributed by atoms with van der Waals surface area (Å²) in [6.07, 6.45) is 0. The molecule has 0 aliphatic carbocycles. The number of hydrogen-bond acceptors (Lipinski definition) is 4. The van der Waals surface area contributed by atoms with Crippen LogP contribution in [0.3, 0.4) is 0 Å². The molecule has 6 nitrogen and oxygen atoms in total. The number of imide groups is 2. The Hall–Kier alpha value is -3.15. The average Bonchev–Trinajstić information content (AvgIpc) is 3.03. The van der Waals surface area contributed by atoms with Crippen molar-refractivity contribution in [1.82, 2.24) is 10.6 Å². The van der Waals surface area contributed by atoms with Gasteiger partial charge in [0.05, 0.1) is 0 Å². The molecule has 1 atom stereocenters. The van der Waals surface area contributed by atoms with Crippen molar-refractivity contribution in [2.75, 3.05) is 18.0 Å². The van der Waals surface area contributed by atoms with Crippen LogP contribution in [-0.4, -0.2) is 30.9 Å². The standard InChI is InChI=1S/C19H17N3O3/c23-16-19(17(24)21-18(25)20-16)12-22(14-9-5-2-6-10-14)11-15(19)13-7-3-1-4-8-13/h1-10,15H,11-12H2,(H2,20,21,23,24,25). The Morgan fingerprint density at radius 2 is 1.40 bits per heavy atom. The number of urea groups is 1. The summed E-state index contributed by atoms with van der Waals surface area (Å²) in [4.78, 5) is 39.1. The lowest BCUT2D eigenvalue weighted by Gasteiger charge is -2.34. The number of nitrogens with zero attached hydrogens (tertiary/aromatic N) is 1. The summed E-state index contributed by atoms with van der Waals surface area (Å²) in [6, 6.07) is 18.4. The van der Waals surface area contributed by atoms with E-state index < -0.39 is 23.3 Å². The zero-order valence-electron chi connectivity index (χ0n) is 13.4. The highest BCUT2D eigenvalue weighted by atomic mass is 16.2. The zero-order valence-corrected chi connectivity index (χ0v) is 13.4. The summed E-state index contributed by atoms with van der Waals surface area (Å²) >= 11 is 0. The second-order valence-electron chi connectivity index (χ2n) is 6.39. The molecule has 1 unspecified atom stereocenters. The number of para-hydroxylation sites is 1. The lowest BCUT2D eigenvalue weighted by atomic mass is 9.72. The molecule has 2 fully saturated rings. The quantitative estimate of drug-likeness (QED) is 0.818. The van der Waals surface area contributed by atoms with E-state index in [0.29, 0.717) is 6.54 Å². The molecule has 2 saturated heterocycles. The largest absolute Gasteiger partial charge is 0.369 e. The minimum absolute atomic E-state index is 0.224. The molecule has 2 heterocycles. The van der Waals surface area contributed by atoms with E-state index in [-0.39, 0.29) is 12.5 Å². The first-order chi connectivity index (χ1) is 12.1. The van der Waals surface area contributed by atoms with E-state index in [1.165, 1.54) is 0 Å². The molecule has 0 aromatic heterocycles. The molecule has 2 aromatic carbocycles. The number of hydrogen-bond donors (Lipinski definition) is 2. The van der Waals surface area contributed by atoms with Crippen LogP contribution in [0, 0.1) is 5.41 Å². The van der Waals surface area contributed by atoms with Gasteiger partial charge in [0.15, 0.2) is 5.41 Å². The van der Waals surface area contributed by atoms with Gasteiger partial charge in [-0.15, -0.1) is 0 Å². The maximum atomic E-state index is 12.8. The van der Waals surface area contributed by atoms with Gasteiger partial charge >= 0.3 is 6.03 Å². The fourth-order valence-electron chi connectivity index (χ4n) is 3.79. The van der Waals surface area contributed by atoms with Gasteiger partial charge in [0, 0.05) is 24.7 Å². The Balaban J connectivity index is 1.80. The second-order valence-corrected chi connectivity index (χ2v) is 6.39. The Morgan fingerprint density at radius 3 is 2.00 bits per heavy atom. The first-order valence-corrected chi connectivity index (χ1v) is 8.13. The number of amides is 4. The lowest BCUT2D eigenvalue weighted by Crippen LogP contribution is -2.64. The van der Waals surface area contributed by atoms with Crippen molar-refractivity contribution in [2.45, 2.75) is 5.92 Å². The molecule has 0 radical (unpaired) electrons. The molecule has 0 saturated carbocycles. The van der Waals surface area contributed by atoms with Gasteiger partial charge in [0.2, 0.25) is 11.8 Å². The molecule has 2 aliphatic rings. The summed E-state index contributed by atoms with van der Waals surface area (Å²) in [5, 5.41) is 4.56. The highest BCUT2D eigenvalue weighted by Gasteiger charge is 2.60. The van der Waals surface area contributed by atoms with Crippen molar-refractivity contribution in [3.8, 4) is 0 Å². The molecule has 2 aromatic rings. The fraction of sp³-hybridized carbons (Fsp3) is 0.211. The Morgan fingerprint density at radius 1 is 0.840 bits per heavy atom. The Bertz CT molecular complexity index is 816. The van der Waals surface area contributed by atoms with Crippen LogP contribution in [-0.2, 0) is 9.59 Å². The van der Waals surface area contributed by atoms with Crippen molar-refractivity contribution < 1.29 is 14.4 Å². The third kappa shape index (κ3) is 2.38. The van der Waals surface area contributed by atoms with Crippen molar-refractivity contribution >= 4 is 23.5 Å². The highest BCUT2D eigenvalue weighted by Crippen LogP contribution is 2.45. The van der Waals surface area contributed by atoms with Gasteiger partial charge in [0.1, 0.15) is 0 Å². The van der Waals surface area contributed by atoms with E-state index in [4.69, 9.17) is 0 Å². The van der Waals surface area contributed by atoms with Crippen molar-refractivity contribution in [1.29, 1.82) is 0 Å². The van der Waals surface area contributed by atoms with Gasteiger partial charge in [-0.2, -0.15) is 0 Å². The zero-order chi connectivity index (χ0) is 17.4. The van der Waals surface area contributed by atoms with Gasteiger partial charge < -0.3 is 4.90 Å². The third-order valence-corrected chi connectivity index (χ3v) is 5.03. The molecule has 4 rings (SSSR count). The van der Waals surface area contributed by atoms with E-state index in [9.17, 15) is 14.4 Å². The average molecular weight is 335 g/mol. The first kappa shape index (κ1) is 15.4. The highest BCUT2D eigenvalue weighted by molar-refractivity contribution is 6.20. The summed E-state index contributed by atoms with van der Waals surface area (Å²) in [5.74, 6) is -1.41. The summed E-state index contributed by atoms with van der Waals surface area (Å²) in [6.45, 7) is 0.741. The maximum Gasteiger partial charge on any atom is 0.328 e. The van der Waals surface area contributed by atoms with Crippen molar-refractivity contribution in [3.63, 3.8) is 0 Å². The van der Waals surface area contributed by atoms with E-state index in [1.807, 2.05) is 65.6 Å². The lowest BCUT2D eigenvalue weighted by molar-refractivity contribution is -0.143. The van der Waals surface area contributed by atoms with Gasteiger partial charge in [-0.1, -0.05) is 48.5 Å². The number of rotatable bonds is 2. The Labute approximate surface area is 144 Å². The van der Waals surface area contributed by atoms with Crippen LogP contribution in [0.15, 0.2) is 60.7 Å². The number of carbonyl (C=O) groups is 3. The van der Waals surface area contributed by atoms with Gasteiger partial charge in [-0.25, -0.2) is 4.79 Å². The summed E-state index contributed by atoms with van der Waals surface area (Å²) < 4.78 is 0. The monoisotopic (exact) mass is 335 g/mol. The van der Waals surface area contributed by atoms with Crippen LogP contribution in [0.5, 0.6) is 0 Å². The van der Waals surface area contributed by atoms with Gasteiger partial charge in [-0.3, -0.25) is 20.2 Å². The molecular weight excluding hydrogens is 318 g/mol. The summed E-state index contributed by atoms with van der Waals surface area (Å²) in [5.41, 5.74) is 0.517. The Kier molecular flexibility index (Phi) is 3.53.